The van der Waals surface area contributed by atoms with Crippen molar-refractivity contribution in [1.29, 1.82) is 0 Å². The monoisotopic (exact) mass is 276 g/mol. The average molecular weight is 276 g/mol. The van der Waals surface area contributed by atoms with Gasteiger partial charge in [-0.1, -0.05) is 38.1 Å². The lowest BCUT2D eigenvalue weighted by molar-refractivity contribution is 0.107. The van der Waals surface area contributed by atoms with E-state index in [1.807, 2.05) is 7.11 Å². The van der Waals surface area contributed by atoms with Crippen LogP contribution in [0, 0.1) is 0 Å². The van der Waals surface area contributed by atoms with E-state index < -0.39 is 0 Å². The third kappa shape index (κ3) is 4.30. The normalized spacial score (nSPS) is 21.2. The first kappa shape index (κ1) is 15.5. The number of ether oxygens (including phenoxy) is 1. The van der Waals surface area contributed by atoms with Gasteiger partial charge in [-0.15, -0.1) is 0 Å². The molecule has 1 aliphatic rings. The average Bonchev–Trinajstić information content (AvgIpc) is 2.93. The van der Waals surface area contributed by atoms with Gasteiger partial charge in [0.05, 0.1) is 6.10 Å². The predicted octanol–water partition coefficient (Wildman–Crippen LogP) is 2.62. The van der Waals surface area contributed by atoms with Gasteiger partial charge in [-0.3, -0.25) is 4.90 Å². The molecule has 20 heavy (non-hydrogen) atoms. The molecule has 0 bridgehead atoms. The van der Waals surface area contributed by atoms with Crippen molar-refractivity contribution in [3.8, 4) is 0 Å². The molecule has 0 radical (unpaired) electrons. The topological polar surface area (TPSA) is 24.5 Å². The summed E-state index contributed by atoms with van der Waals surface area (Å²) in [4.78, 5) is 2.48. The number of hydrogen-bond donors (Lipinski definition) is 1. The van der Waals surface area contributed by atoms with Gasteiger partial charge in [-0.05, 0) is 30.0 Å². The van der Waals surface area contributed by atoms with Gasteiger partial charge in [-0.2, -0.15) is 0 Å². The number of hydrogen-bond acceptors (Lipinski definition) is 3. The maximum atomic E-state index is 5.42. The second-order valence-electron chi connectivity index (χ2n) is 5.83. The Balaban J connectivity index is 1.85. The molecule has 1 heterocycles. The van der Waals surface area contributed by atoms with Crippen molar-refractivity contribution in [2.24, 2.45) is 0 Å². The zero-order chi connectivity index (χ0) is 14.4. The van der Waals surface area contributed by atoms with Gasteiger partial charge in [0.1, 0.15) is 0 Å². The van der Waals surface area contributed by atoms with Crippen LogP contribution in [0.5, 0.6) is 0 Å². The highest BCUT2D eigenvalue weighted by molar-refractivity contribution is 5.25. The largest absolute Gasteiger partial charge is 0.380 e. The van der Waals surface area contributed by atoms with Gasteiger partial charge >= 0.3 is 0 Å². The fourth-order valence-corrected chi connectivity index (χ4v) is 2.82. The molecule has 3 nitrogen and oxygen atoms in total. The Morgan fingerprint density at radius 2 is 2.10 bits per heavy atom. The van der Waals surface area contributed by atoms with E-state index in [0.29, 0.717) is 12.0 Å². The first-order valence-corrected chi connectivity index (χ1v) is 7.77. The molecule has 1 aromatic rings. The summed E-state index contributed by atoms with van der Waals surface area (Å²) >= 11 is 0. The smallest absolute Gasteiger partial charge is 0.0710 e. The minimum absolute atomic E-state index is 0.425. The minimum atomic E-state index is 0.425. The summed E-state index contributed by atoms with van der Waals surface area (Å²) in [6.45, 7) is 9.78. The Hall–Kier alpha value is -0.900. The molecule has 0 aromatic heterocycles. The van der Waals surface area contributed by atoms with E-state index >= 15 is 0 Å². The van der Waals surface area contributed by atoms with Crippen molar-refractivity contribution in [3.05, 3.63) is 35.4 Å². The molecule has 1 fully saturated rings. The van der Waals surface area contributed by atoms with Crippen LogP contribution in [0.4, 0.5) is 0 Å². The lowest BCUT2D eigenvalue weighted by Gasteiger charge is -2.17. The van der Waals surface area contributed by atoms with Crippen molar-refractivity contribution in [1.82, 2.24) is 10.2 Å². The Bertz CT molecular complexity index is 390. The van der Waals surface area contributed by atoms with Crippen molar-refractivity contribution in [2.75, 3.05) is 33.3 Å². The molecule has 2 atom stereocenters. The van der Waals surface area contributed by atoms with Crippen LogP contribution in [-0.4, -0.2) is 44.3 Å². The number of likely N-dealkylation sites (tertiary alicyclic amines) is 1. The van der Waals surface area contributed by atoms with Crippen LogP contribution >= 0.6 is 0 Å². The van der Waals surface area contributed by atoms with Crippen LogP contribution in [0.1, 0.15) is 37.3 Å². The van der Waals surface area contributed by atoms with Crippen LogP contribution in [-0.2, 0) is 11.3 Å². The molecule has 2 rings (SSSR count). The number of nitrogens with one attached hydrogen (secondary N) is 1. The number of rotatable bonds is 7. The molecule has 0 saturated carbocycles. The molecular formula is C17H28N2O. The van der Waals surface area contributed by atoms with Gasteiger partial charge in [0.15, 0.2) is 0 Å². The SMILES string of the molecule is CCNCC(C)c1ccc(CN2CCC(OC)C2)cc1. The summed E-state index contributed by atoms with van der Waals surface area (Å²) in [6.07, 6.45) is 1.59. The van der Waals surface area contributed by atoms with Gasteiger partial charge < -0.3 is 10.1 Å². The summed E-state index contributed by atoms with van der Waals surface area (Å²) in [7, 11) is 1.81. The van der Waals surface area contributed by atoms with Crippen LogP contribution < -0.4 is 5.32 Å². The molecule has 112 valence electrons. The molecular weight excluding hydrogens is 248 g/mol. The first-order valence-electron chi connectivity index (χ1n) is 7.77. The minimum Gasteiger partial charge on any atom is -0.380 e. The van der Waals surface area contributed by atoms with Crippen molar-refractivity contribution >= 4 is 0 Å². The van der Waals surface area contributed by atoms with E-state index in [-0.39, 0.29) is 0 Å². The highest BCUT2D eigenvalue weighted by Gasteiger charge is 2.21. The molecule has 1 N–H and O–H groups in total. The first-order chi connectivity index (χ1) is 9.72. The molecule has 1 saturated heterocycles. The zero-order valence-electron chi connectivity index (χ0n) is 13.1. The van der Waals surface area contributed by atoms with Gasteiger partial charge in [0.2, 0.25) is 0 Å². The van der Waals surface area contributed by atoms with E-state index in [1.165, 1.54) is 11.1 Å². The van der Waals surface area contributed by atoms with E-state index in [4.69, 9.17) is 4.74 Å². The lowest BCUT2D eigenvalue weighted by atomic mass is 9.99. The molecule has 0 aliphatic carbocycles. The fraction of sp³-hybridized carbons (Fsp3) is 0.647. The molecule has 3 heteroatoms. The van der Waals surface area contributed by atoms with Gasteiger partial charge in [0.25, 0.3) is 0 Å². The van der Waals surface area contributed by atoms with E-state index in [2.05, 4.69) is 48.3 Å². The Kier molecular flexibility index (Phi) is 6.02. The summed E-state index contributed by atoms with van der Waals surface area (Å²) in [6, 6.07) is 9.11. The Morgan fingerprint density at radius 3 is 2.70 bits per heavy atom. The standard InChI is InChI=1S/C17H28N2O/c1-4-18-11-14(2)16-7-5-15(6-8-16)12-19-10-9-17(13-19)20-3/h5-8,14,17-18H,4,9-13H2,1-3H3. The summed E-state index contributed by atoms with van der Waals surface area (Å²) in [5.41, 5.74) is 2.83. The lowest BCUT2D eigenvalue weighted by Crippen LogP contribution is -2.22. The Morgan fingerprint density at radius 1 is 1.35 bits per heavy atom. The summed E-state index contributed by atoms with van der Waals surface area (Å²) in [5.74, 6) is 0.577. The number of nitrogens with zero attached hydrogens (tertiary/aromatic N) is 1. The van der Waals surface area contributed by atoms with Crippen LogP contribution in [0.25, 0.3) is 0 Å². The molecule has 1 aliphatic heterocycles. The van der Waals surface area contributed by atoms with Crippen molar-refractivity contribution in [2.45, 2.75) is 38.8 Å². The predicted molar refractivity (Wildman–Crippen MR) is 84.1 cm³/mol. The summed E-state index contributed by atoms with van der Waals surface area (Å²) in [5, 5.41) is 3.41. The van der Waals surface area contributed by atoms with Crippen molar-refractivity contribution < 1.29 is 4.74 Å². The third-order valence-electron chi connectivity index (χ3n) is 4.22. The second kappa shape index (κ2) is 7.77. The molecule has 0 spiro atoms. The highest BCUT2D eigenvalue weighted by atomic mass is 16.5. The quantitative estimate of drug-likeness (QED) is 0.828. The molecule has 1 aromatic carbocycles. The maximum absolute atomic E-state index is 5.42. The van der Waals surface area contributed by atoms with E-state index in [0.717, 1.165) is 39.1 Å². The number of methoxy groups -OCH3 is 1. The third-order valence-corrected chi connectivity index (χ3v) is 4.22. The van der Waals surface area contributed by atoms with Crippen LogP contribution in [0.15, 0.2) is 24.3 Å². The second-order valence-corrected chi connectivity index (χ2v) is 5.83. The maximum Gasteiger partial charge on any atom is 0.0710 e. The van der Waals surface area contributed by atoms with Gasteiger partial charge in [0, 0.05) is 33.3 Å². The van der Waals surface area contributed by atoms with E-state index in [9.17, 15) is 0 Å². The van der Waals surface area contributed by atoms with Crippen LogP contribution in [0.3, 0.4) is 0 Å². The summed E-state index contributed by atoms with van der Waals surface area (Å²) < 4.78 is 5.42. The van der Waals surface area contributed by atoms with Gasteiger partial charge in [-0.25, -0.2) is 0 Å². The highest BCUT2D eigenvalue weighted by Crippen LogP contribution is 2.18. The van der Waals surface area contributed by atoms with Crippen molar-refractivity contribution in [3.63, 3.8) is 0 Å². The van der Waals surface area contributed by atoms with E-state index in [1.54, 1.807) is 0 Å². The number of benzene rings is 1. The Labute approximate surface area is 123 Å². The zero-order valence-corrected chi connectivity index (χ0v) is 13.1. The molecule has 0 amide bonds. The fourth-order valence-electron chi connectivity index (χ4n) is 2.82. The number of likely N-dealkylation sites (N-methyl/N-ethyl adjacent to an activating group) is 1. The van der Waals surface area contributed by atoms with Crippen LogP contribution in [0.2, 0.25) is 0 Å². The molecule has 2 unspecified atom stereocenters.